The predicted molar refractivity (Wildman–Crippen MR) is 72.4 cm³/mol. The van der Waals surface area contributed by atoms with Gasteiger partial charge in [0.05, 0.1) is 0 Å². The molecule has 0 heterocycles. The van der Waals surface area contributed by atoms with Crippen molar-refractivity contribution in [2.75, 3.05) is 6.54 Å². The lowest BCUT2D eigenvalue weighted by Crippen LogP contribution is -2.36. The molecule has 100 valence electrons. The van der Waals surface area contributed by atoms with Gasteiger partial charge in [0.1, 0.15) is 11.6 Å². The Kier molecular flexibility index (Phi) is 5.03. The molecule has 0 radical (unpaired) electrons. The molecule has 0 aliphatic rings. The van der Waals surface area contributed by atoms with Gasteiger partial charge in [-0.25, -0.2) is 8.78 Å². The molecule has 1 aromatic rings. The Morgan fingerprint density at radius 1 is 1.28 bits per heavy atom. The van der Waals surface area contributed by atoms with Gasteiger partial charge in [-0.3, -0.25) is 0 Å². The lowest BCUT2D eigenvalue weighted by Gasteiger charge is -2.21. The van der Waals surface area contributed by atoms with Gasteiger partial charge < -0.3 is 5.32 Å². The van der Waals surface area contributed by atoms with Gasteiger partial charge in [-0.1, -0.05) is 18.6 Å². The molecule has 0 aliphatic carbocycles. The highest BCUT2D eigenvalue weighted by Gasteiger charge is 2.09. The van der Waals surface area contributed by atoms with Crippen molar-refractivity contribution in [3.05, 3.63) is 41.0 Å². The Balaban J connectivity index is 2.84. The van der Waals surface area contributed by atoms with Gasteiger partial charge in [-0.2, -0.15) is 0 Å². The van der Waals surface area contributed by atoms with Gasteiger partial charge in [-0.15, -0.1) is 0 Å². The molecule has 0 unspecified atom stereocenters. The summed E-state index contributed by atoms with van der Waals surface area (Å²) in [6, 6.07) is 3.66. The van der Waals surface area contributed by atoms with E-state index in [1.807, 2.05) is 6.92 Å². The highest BCUT2D eigenvalue weighted by atomic mass is 19.1. The Morgan fingerprint density at radius 3 is 2.44 bits per heavy atom. The van der Waals surface area contributed by atoms with Crippen molar-refractivity contribution in [3.8, 4) is 0 Å². The summed E-state index contributed by atoms with van der Waals surface area (Å²) in [7, 11) is 0. The molecular weight excluding hydrogens is 232 g/mol. The summed E-state index contributed by atoms with van der Waals surface area (Å²) in [4.78, 5) is 0. The third-order valence-corrected chi connectivity index (χ3v) is 2.62. The number of hydrogen-bond acceptors (Lipinski definition) is 1. The summed E-state index contributed by atoms with van der Waals surface area (Å²) < 4.78 is 26.3. The van der Waals surface area contributed by atoms with E-state index in [4.69, 9.17) is 0 Å². The van der Waals surface area contributed by atoms with E-state index >= 15 is 0 Å². The van der Waals surface area contributed by atoms with Crippen LogP contribution in [0.4, 0.5) is 8.78 Å². The van der Waals surface area contributed by atoms with Crippen LogP contribution in [0.25, 0.3) is 6.08 Å². The van der Waals surface area contributed by atoms with Crippen molar-refractivity contribution < 1.29 is 8.78 Å². The summed E-state index contributed by atoms with van der Waals surface area (Å²) in [5.74, 6) is -1.06. The number of halogens is 2. The maximum absolute atomic E-state index is 13.5. The highest BCUT2D eigenvalue weighted by Crippen LogP contribution is 2.15. The first-order chi connectivity index (χ1) is 8.31. The van der Waals surface area contributed by atoms with E-state index in [1.165, 1.54) is 12.1 Å². The molecular formula is C15H21F2N. The average Bonchev–Trinajstić information content (AvgIpc) is 2.25. The minimum Gasteiger partial charge on any atom is -0.308 e. The third kappa shape index (κ3) is 4.96. The van der Waals surface area contributed by atoms with Crippen LogP contribution in [0.5, 0.6) is 0 Å². The molecule has 1 aromatic carbocycles. The van der Waals surface area contributed by atoms with Gasteiger partial charge in [0, 0.05) is 23.7 Å². The number of benzene rings is 1. The van der Waals surface area contributed by atoms with Crippen molar-refractivity contribution in [1.29, 1.82) is 0 Å². The first kappa shape index (κ1) is 14.8. The average molecular weight is 253 g/mol. The van der Waals surface area contributed by atoms with E-state index in [0.717, 1.165) is 18.1 Å². The van der Waals surface area contributed by atoms with Gasteiger partial charge in [0.2, 0.25) is 0 Å². The van der Waals surface area contributed by atoms with Crippen molar-refractivity contribution >= 4 is 6.08 Å². The molecule has 3 heteroatoms. The summed E-state index contributed by atoms with van der Waals surface area (Å²) in [6.07, 6.45) is 2.62. The number of rotatable bonds is 4. The van der Waals surface area contributed by atoms with Crippen LogP contribution in [0.2, 0.25) is 0 Å². The zero-order valence-corrected chi connectivity index (χ0v) is 11.5. The maximum atomic E-state index is 13.5. The molecule has 0 saturated heterocycles. The smallest absolute Gasteiger partial charge is 0.133 e. The fourth-order valence-corrected chi connectivity index (χ4v) is 1.50. The van der Waals surface area contributed by atoms with E-state index in [-0.39, 0.29) is 5.54 Å². The van der Waals surface area contributed by atoms with Gasteiger partial charge in [0.25, 0.3) is 0 Å². The molecule has 0 aliphatic heterocycles. The van der Waals surface area contributed by atoms with Crippen LogP contribution in [0.15, 0.2) is 23.8 Å². The molecule has 0 fully saturated rings. The number of nitrogens with one attached hydrogen (secondary N) is 1. The van der Waals surface area contributed by atoms with Crippen LogP contribution in [-0.4, -0.2) is 12.1 Å². The van der Waals surface area contributed by atoms with Crippen molar-refractivity contribution in [1.82, 2.24) is 5.32 Å². The molecule has 0 aromatic heterocycles. The fraction of sp³-hybridized carbons (Fsp3) is 0.467. The lowest BCUT2D eigenvalue weighted by atomic mass is 10.1. The zero-order valence-electron chi connectivity index (χ0n) is 11.5. The molecule has 0 saturated carbocycles. The molecule has 1 N–H and O–H groups in total. The normalized spacial score (nSPS) is 12.9. The molecule has 1 rings (SSSR count). The van der Waals surface area contributed by atoms with Crippen LogP contribution >= 0.6 is 0 Å². The van der Waals surface area contributed by atoms with Crippen molar-refractivity contribution in [2.45, 2.75) is 39.7 Å². The summed E-state index contributed by atoms with van der Waals surface area (Å²) in [6.45, 7) is 8.98. The van der Waals surface area contributed by atoms with E-state index in [9.17, 15) is 8.78 Å². The molecule has 0 atom stereocenters. The standard InChI is InChI=1S/C15H21F2N/c1-5-11(10-18-15(2,3)4)8-12-6-7-13(16)9-14(12)17/h6-9,18H,5,10H2,1-4H3. The van der Waals surface area contributed by atoms with Gasteiger partial charge in [-0.05, 0) is 39.3 Å². The van der Waals surface area contributed by atoms with Crippen molar-refractivity contribution in [3.63, 3.8) is 0 Å². The van der Waals surface area contributed by atoms with Crippen LogP contribution in [0.3, 0.4) is 0 Å². The quantitative estimate of drug-likeness (QED) is 0.850. The Labute approximate surface area is 108 Å². The van der Waals surface area contributed by atoms with Crippen LogP contribution in [0.1, 0.15) is 39.7 Å². The Bertz CT molecular complexity index is 431. The summed E-state index contributed by atoms with van der Waals surface area (Å²) >= 11 is 0. The minimum atomic E-state index is -0.546. The van der Waals surface area contributed by atoms with Crippen LogP contribution < -0.4 is 5.32 Å². The monoisotopic (exact) mass is 253 g/mol. The second kappa shape index (κ2) is 6.10. The van der Waals surface area contributed by atoms with E-state index in [0.29, 0.717) is 12.1 Å². The number of hydrogen-bond donors (Lipinski definition) is 1. The summed E-state index contributed by atoms with van der Waals surface area (Å²) in [5, 5.41) is 3.36. The zero-order chi connectivity index (χ0) is 13.8. The van der Waals surface area contributed by atoms with Crippen molar-refractivity contribution in [2.24, 2.45) is 0 Å². The summed E-state index contributed by atoms with van der Waals surface area (Å²) in [5.41, 5.74) is 1.55. The molecule has 1 nitrogen and oxygen atoms in total. The Morgan fingerprint density at radius 2 is 1.94 bits per heavy atom. The second-order valence-electron chi connectivity index (χ2n) is 5.43. The minimum absolute atomic E-state index is 0.0234. The second-order valence-corrected chi connectivity index (χ2v) is 5.43. The SMILES string of the molecule is CCC(=Cc1ccc(F)cc1F)CNC(C)(C)C. The van der Waals surface area contributed by atoms with Crippen LogP contribution in [-0.2, 0) is 0 Å². The highest BCUT2D eigenvalue weighted by molar-refractivity contribution is 5.53. The molecule has 0 bridgehead atoms. The first-order valence-electron chi connectivity index (χ1n) is 6.21. The predicted octanol–water partition coefficient (Wildman–Crippen LogP) is 4.15. The molecule has 18 heavy (non-hydrogen) atoms. The van der Waals surface area contributed by atoms with E-state index in [1.54, 1.807) is 6.08 Å². The molecule has 0 amide bonds. The van der Waals surface area contributed by atoms with Crippen LogP contribution in [0, 0.1) is 11.6 Å². The molecule has 0 spiro atoms. The fourth-order valence-electron chi connectivity index (χ4n) is 1.50. The van der Waals surface area contributed by atoms with E-state index in [2.05, 4.69) is 26.1 Å². The largest absolute Gasteiger partial charge is 0.308 e. The topological polar surface area (TPSA) is 12.0 Å². The van der Waals surface area contributed by atoms with E-state index < -0.39 is 11.6 Å². The lowest BCUT2D eigenvalue weighted by molar-refractivity contribution is 0.443. The maximum Gasteiger partial charge on any atom is 0.133 e. The van der Waals surface area contributed by atoms with Gasteiger partial charge in [0.15, 0.2) is 0 Å². The van der Waals surface area contributed by atoms with Gasteiger partial charge >= 0.3 is 0 Å². The third-order valence-electron chi connectivity index (χ3n) is 2.62. The first-order valence-corrected chi connectivity index (χ1v) is 6.21. The Hall–Kier alpha value is -1.22.